The molecule has 20 heavy (non-hydrogen) atoms. The van der Waals surface area contributed by atoms with Crippen LogP contribution in [-0.2, 0) is 0 Å². The fraction of sp³-hybridized carbons (Fsp3) is 0.250. The summed E-state index contributed by atoms with van der Waals surface area (Å²) in [5, 5.41) is 4.82. The van der Waals surface area contributed by atoms with Gasteiger partial charge >= 0.3 is 0 Å². The molecule has 0 saturated carbocycles. The second kappa shape index (κ2) is 6.95. The summed E-state index contributed by atoms with van der Waals surface area (Å²) in [6, 6.07) is 12.1. The van der Waals surface area contributed by atoms with E-state index in [1.807, 2.05) is 12.1 Å². The van der Waals surface area contributed by atoms with Crippen molar-refractivity contribution in [3.8, 4) is 0 Å². The normalized spacial score (nSPS) is 12.4. The van der Waals surface area contributed by atoms with Crippen molar-refractivity contribution in [3.05, 3.63) is 67.6 Å². The first-order valence-corrected chi connectivity index (χ1v) is 8.01. The van der Waals surface area contributed by atoms with Crippen LogP contribution in [0.4, 0.5) is 0 Å². The van der Waals surface area contributed by atoms with Crippen LogP contribution in [0.15, 0.2) is 40.9 Å². The Morgan fingerprint density at radius 3 is 2.50 bits per heavy atom. The molecule has 0 aliphatic heterocycles. The number of benzene rings is 2. The smallest absolute Gasteiger partial charge is 0.0591 e. The number of halogens is 3. The van der Waals surface area contributed by atoms with Gasteiger partial charge in [-0.05, 0) is 54.4 Å². The molecule has 2 rings (SSSR count). The van der Waals surface area contributed by atoms with Crippen LogP contribution < -0.4 is 5.32 Å². The molecule has 2 aromatic carbocycles. The third-order valence-electron chi connectivity index (χ3n) is 3.08. The summed E-state index contributed by atoms with van der Waals surface area (Å²) in [5.41, 5.74) is 3.43. The van der Waals surface area contributed by atoms with Gasteiger partial charge in [0.25, 0.3) is 0 Å². The van der Waals surface area contributed by atoms with Crippen molar-refractivity contribution in [1.29, 1.82) is 0 Å². The lowest BCUT2D eigenvalue weighted by atomic mass is 9.97. The molecule has 0 heterocycles. The summed E-state index contributed by atoms with van der Waals surface area (Å²) >= 11 is 15.9. The van der Waals surface area contributed by atoms with E-state index < -0.39 is 0 Å². The predicted octanol–water partition coefficient (Wildman–Crippen LogP) is 5.76. The Hall–Kier alpha value is -0.540. The van der Waals surface area contributed by atoms with Gasteiger partial charge in [0.15, 0.2) is 0 Å². The van der Waals surface area contributed by atoms with E-state index in [2.05, 4.69) is 53.3 Å². The summed E-state index contributed by atoms with van der Waals surface area (Å²) in [6.07, 6.45) is 0. The van der Waals surface area contributed by atoms with E-state index in [-0.39, 0.29) is 6.04 Å². The Labute approximate surface area is 138 Å². The van der Waals surface area contributed by atoms with Crippen molar-refractivity contribution < 1.29 is 0 Å². The van der Waals surface area contributed by atoms with E-state index in [4.69, 9.17) is 23.2 Å². The topological polar surface area (TPSA) is 12.0 Å². The van der Waals surface area contributed by atoms with Crippen molar-refractivity contribution in [2.75, 3.05) is 6.54 Å². The number of aryl methyl sites for hydroxylation is 1. The SMILES string of the molecule is CCNC(c1cc(C)cc(Br)c1)c1ccc(Cl)cc1Cl. The average molecular weight is 373 g/mol. The van der Waals surface area contributed by atoms with E-state index in [0.717, 1.165) is 16.6 Å². The van der Waals surface area contributed by atoms with Gasteiger partial charge in [-0.25, -0.2) is 0 Å². The Morgan fingerprint density at radius 2 is 1.90 bits per heavy atom. The van der Waals surface area contributed by atoms with Crippen LogP contribution in [0.5, 0.6) is 0 Å². The Bertz CT molecular complexity index is 593. The maximum atomic E-state index is 6.35. The van der Waals surface area contributed by atoms with Crippen molar-refractivity contribution in [3.63, 3.8) is 0 Å². The van der Waals surface area contributed by atoms with Crippen molar-refractivity contribution in [2.24, 2.45) is 0 Å². The molecule has 1 atom stereocenters. The summed E-state index contributed by atoms with van der Waals surface area (Å²) in [4.78, 5) is 0. The Morgan fingerprint density at radius 1 is 1.15 bits per heavy atom. The number of hydrogen-bond acceptors (Lipinski definition) is 1. The standard InChI is InChI=1S/C16H16BrCl2N/c1-3-20-16(11-6-10(2)7-12(17)8-11)14-5-4-13(18)9-15(14)19/h4-9,16,20H,3H2,1-2H3. The Kier molecular flexibility index (Phi) is 5.50. The first kappa shape index (κ1) is 15.8. The summed E-state index contributed by atoms with van der Waals surface area (Å²) in [6.45, 7) is 5.03. The lowest BCUT2D eigenvalue weighted by Crippen LogP contribution is -2.22. The quantitative estimate of drug-likeness (QED) is 0.718. The maximum absolute atomic E-state index is 6.35. The zero-order chi connectivity index (χ0) is 14.7. The summed E-state index contributed by atoms with van der Waals surface area (Å²) in [5.74, 6) is 0. The molecule has 1 nitrogen and oxygen atoms in total. The molecule has 0 radical (unpaired) electrons. The zero-order valence-electron chi connectivity index (χ0n) is 11.4. The minimum atomic E-state index is 0.0565. The lowest BCUT2D eigenvalue weighted by molar-refractivity contribution is 0.630. The van der Waals surface area contributed by atoms with Gasteiger partial charge in [-0.2, -0.15) is 0 Å². The van der Waals surface area contributed by atoms with E-state index in [9.17, 15) is 0 Å². The fourth-order valence-electron chi connectivity index (χ4n) is 2.28. The number of nitrogens with one attached hydrogen (secondary N) is 1. The molecular formula is C16H16BrCl2N. The highest BCUT2D eigenvalue weighted by Gasteiger charge is 2.17. The molecule has 0 bridgehead atoms. The fourth-order valence-corrected chi connectivity index (χ4v) is 3.42. The molecule has 1 N–H and O–H groups in total. The number of rotatable bonds is 4. The van der Waals surface area contributed by atoms with Crippen LogP contribution in [0.1, 0.15) is 29.7 Å². The molecule has 0 fully saturated rings. The molecule has 106 valence electrons. The highest BCUT2D eigenvalue weighted by atomic mass is 79.9. The van der Waals surface area contributed by atoms with Crippen LogP contribution in [0, 0.1) is 6.92 Å². The van der Waals surface area contributed by atoms with Gasteiger partial charge in [0, 0.05) is 14.5 Å². The minimum Gasteiger partial charge on any atom is -0.306 e. The van der Waals surface area contributed by atoms with E-state index >= 15 is 0 Å². The summed E-state index contributed by atoms with van der Waals surface area (Å²) < 4.78 is 1.07. The monoisotopic (exact) mass is 371 g/mol. The first-order chi connectivity index (χ1) is 9.51. The van der Waals surface area contributed by atoms with E-state index in [1.165, 1.54) is 11.1 Å². The van der Waals surface area contributed by atoms with Gasteiger partial charge in [-0.1, -0.05) is 58.2 Å². The van der Waals surface area contributed by atoms with Gasteiger partial charge in [-0.15, -0.1) is 0 Å². The van der Waals surface area contributed by atoms with Crippen LogP contribution in [0.25, 0.3) is 0 Å². The van der Waals surface area contributed by atoms with E-state index in [0.29, 0.717) is 10.0 Å². The van der Waals surface area contributed by atoms with Crippen LogP contribution in [0.3, 0.4) is 0 Å². The van der Waals surface area contributed by atoms with Crippen LogP contribution in [-0.4, -0.2) is 6.54 Å². The van der Waals surface area contributed by atoms with Gasteiger partial charge in [0.1, 0.15) is 0 Å². The molecule has 0 spiro atoms. The molecule has 1 unspecified atom stereocenters. The summed E-state index contributed by atoms with van der Waals surface area (Å²) in [7, 11) is 0. The lowest BCUT2D eigenvalue weighted by Gasteiger charge is -2.21. The molecule has 0 aliphatic carbocycles. The first-order valence-electron chi connectivity index (χ1n) is 6.46. The second-order valence-electron chi connectivity index (χ2n) is 4.72. The largest absolute Gasteiger partial charge is 0.306 e. The van der Waals surface area contributed by atoms with Crippen LogP contribution in [0.2, 0.25) is 10.0 Å². The molecular weight excluding hydrogens is 357 g/mol. The van der Waals surface area contributed by atoms with Crippen LogP contribution >= 0.6 is 39.1 Å². The highest BCUT2D eigenvalue weighted by Crippen LogP contribution is 2.32. The molecule has 0 aromatic heterocycles. The second-order valence-corrected chi connectivity index (χ2v) is 6.48. The average Bonchev–Trinajstić information content (AvgIpc) is 2.35. The molecule has 0 aliphatic rings. The highest BCUT2D eigenvalue weighted by molar-refractivity contribution is 9.10. The van der Waals surface area contributed by atoms with Gasteiger partial charge in [0.05, 0.1) is 6.04 Å². The molecule has 2 aromatic rings. The third kappa shape index (κ3) is 3.76. The molecule has 0 saturated heterocycles. The van der Waals surface area contributed by atoms with Gasteiger partial charge in [-0.3, -0.25) is 0 Å². The third-order valence-corrected chi connectivity index (χ3v) is 4.10. The van der Waals surface area contributed by atoms with Gasteiger partial charge < -0.3 is 5.32 Å². The number of hydrogen-bond donors (Lipinski definition) is 1. The predicted molar refractivity (Wildman–Crippen MR) is 90.9 cm³/mol. The van der Waals surface area contributed by atoms with E-state index in [1.54, 1.807) is 6.07 Å². The molecule has 4 heteroatoms. The minimum absolute atomic E-state index is 0.0565. The van der Waals surface area contributed by atoms with Crippen molar-refractivity contribution >= 4 is 39.1 Å². The van der Waals surface area contributed by atoms with Gasteiger partial charge in [0.2, 0.25) is 0 Å². The van der Waals surface area contributed by atoms with Crippen molar-refractivity contribution in [1.82, 2.24) is 5.32 Å². The zero-order valence-corrected chi connectivity index (χ0v) is 14.5. The molecule has 0 amide bonds. The van der Waals surface area contributed by atoms with Crippen molar-refractivity contribution in [2.45, 2.75) is 19.9 Å². The maximum Gasteiger partial charge on any atom is 0.0591 e. The Balaban J connectivity index is 2.49.